The van der Waals surface area contributed by atoms with E-state index in [9.17, 15) is 8.42 Å². The fourth-order valence-electron chi connectivity index (χ4n) is 5.06. The molecule has 0 radical (unpaired) electrons. The van der Waals surface area contributed by atoms with Crippen LogP contribution in [-0.4, -0.2) is 48.8 Å². The molecule has 1 atom stereocenters. The van der Waals surface area contributed by atoms with Gasteiger partial charge in [0, 0.05) is 45.5 Å². The second-order valence-corrected chi connectivity index (χ2v) is 11.1. The first-order chi connectivity index (χ1) is 16.6. The molecule has 1 aliphatic heterocycles. The van der Waals surface area contributed by atoms with Gasteiger partial charge in [-0.25, -0.2) is 8.42 Å². The Hall–Kier alpha value is -2.58. The quantitative estimate of drug-likeness (QED) is 0.563. The van der Waals surface area contributed by atoms with Crippen LogP contribution in [0.15, 0.2) is 77.8 Å². The number of benzene rings is 2. The third-order valence-electron chi connectivity index (χ3n) is 6.82. The lowest BCUT2D eigenvalue weighted by Gasteiger charge is -2.34. The van der Waals surface area contributed by atoms with Crippen LogP contribution >= 0.6 is 0 Å². The maximum Gasteiger partial charge on any atom is 0.243 e. The van der Waals surface area contributed by atoms with Crippen molar-refractivity contribution in [2.75, 3.05) is 26.2 Å². The Bertz CT molecular complexity index is 1210. The molecule has 1 saturated heterocycles. The highest BCUT2D eigenvalue weighted by Crippen LogP contribution is 2.37. The lowest BCUT2D eigenvalue weighted by atomic mass is 9.92. The van der Waals surface area contributed by atoms with Crippen LogP contribution in [0.5, 0.6) is 0 Å². The molecule has 5 rings (SSSR count). The number of rotatable bonds is 7. The number of nitrogens with zero attached hydrogens (tertiary/aromatic N) is 3. The third-order valence-corrected chi connectivity index (χ3v) is 8.67. The van der Waals surface area contributed by atoms with Gasteiger partial charge in [0.15, 0.2) is 0 Å². The van der Waals surface area contributed by atoms with E-state index in [-0.39, 0.29) is 6.04 Å². The van der Waals surface area contributed by atoms with Gasteiger partial charge in [-0.3, -0.25) is 9.88 Å². The highest BCUT2D eigenvalue weighted by molar-refractivity contribution is 7.89. The van der Waals surface area contributed by atoms with E-state index in [1.54, 1.807) is 16.6 Å². The summed E-state index contributed by atoms with van der Waals surface area (Å²) in [5.41, 5.74) is 4.06. The molecule has 34 heavy (non-hydrogen) atoms. The third kappa shape index (κ3) is 5.08. The van der Waals surface area contributed by atoms with Crippen LogP contribution < -0.4 is 5.32 Å². The number of aromatic nitrogens is 1. The van der Waals surface area contributed by atoms with Crippen molar-refractivity contribution in [1.29, 1.82) is 0 Å². The van der Waals surface area contributed by atoms with Gasteiger partial charge in [0.25, 0.3) is 0 Å². The molecule has 1 N–H and O–H groups in total. The van der Waals surface area contributed by atoms with Crippen LogP contribution in [-0.2, 0) is 29.5 Å². The number of aryl methyl sites for hydroxylation is 1. The summed E-state index contributed by atoms with van der Waals surface area (Å²) in [4.78, 5) is 7.37. The molecule has 0 spiro atoms. The van der Waals surface area contributed by atoms with Crippen LogP contribution in [0.25, 0.3) is 0 Å². The molecule has 1 fully saturated rings. The molecule has 2 aromatic carbocycles. The van der Waals surface area contributed by atoms with Gasteiger partial charge in [-0.1, -0.05) is 48.5 Å². The van der Waals surface area contributed by atoms with E-state index in [0.29, 0.717) is 11.4 Å². The molecule has 2 heterocycles. The standard InChI is InChI=1S/C27H32N4O2S/c32-34(33,25-12-4-9-23(19-25)20-30-17-15-28-16-18-30)31(21-22-7-2-1-3-8-22)26-13-5-10-24-11-6-14-29-27(24)26/h1-4,6-9,11-12,14,19,26,28H,5,10,13,15-18,20-21H2. The summed E-state index contributed by atoms with van der Waals surface area (Å²) < 4.78 is 30.0. The van der Waals surface area contributed by atoms with Crippen molar-refractivity contribution in [3.8, 4) is 0 Å². The van der Waals surface area contributed by atoms with Gasteiger partial charge in [0.2, 0.25) is 10.0 Å². The van der Waals surface area contributed by atoms with E-state index in [1.807, 2.05) is 54.6 Å². The second kappa shape index (κ2) is 10.4. The van der Waals surface area contributed by atoms with Gasteiger partial charge in [-0.2, -0.15) is 4.31 Å². The topological polar surface area (TPSA) is 65.5 Å². The van der Waals surface area contributed by atoms with Crippen molar-refractivity contribution in [1.82, 2.24) is 19.5 Å². The fraction of sp³-hybridized carbons (Fsp3) is 0.370. The number of nitrogens with one attached hydrogen (secondary N) is 1. The first kappa shape index (κ1) is 23.2. The van der Waals surface area contributed by atoms with E-state index < -0.39 is 10.0 Å². The average Bonchev–Trinajstić information content (AvgIpc) is 2.88. The molecular weight excluding hydrogens is 444 g/mol. The lowest BCUT2D eigenvalue weighted by molar-refractivity contribution is 0.233. The first-order valence-corrected chi connectivity index (χ1v) is 13.6. The van der Waals surface area contributed by atoms with Gasteiger partial charge in [-0.15, -0.1) is 0 Å². The normalized spacial score (nSPS) is 19.1. The minimum Gasteiger partial charge on any atom is -0.314 e. The van der Waals surface area contributed by atoms with Gasteiger partial charge < -0.3 is 5.32 Å². The number of sulfonamides is 1. The average molecular weight is 477 g/mol. The number of piperazine rings is 1. The highest BCUT2D eigenvalue weighted by Gasteiger charge is 2.36. The minimum absolute atomic E-state index is 0.271. The van der Waals surface area contributed by atoms with E-state index in [2.05, 4.69) is 21.3 Å². The highest BCUT2D eigenvalue weighted by atomic mass is 32.2. The van der Waals surface area contributed by atoms with Crippen LogP contribution in [0.4, 0.5) is 0 Å². The zero-order chi connectivity index (χ0) is 23.4. The molecule has 0 amide bonds. The summed E-state index contributed by atoms with van der Waals surface area (Å²) in [5, 5.41) is 3.37. The first-order valence-electron chi connectivity index (χ1n) is 12.1. The number of pyridine rings is 1. The van der Waals surface area contributed by atoms with E-state index in [4.69, 9.17) is 0 Å². The summed E-state index contributed by atoms with van der Waals surface area (Å²) in [7, 11) is -3.74. The molecule has 6 nitrogen and oxygen atoms in total. The Morgan fingerprint density at radius 3 is 2.59 bits per heavy atom. The zero-order valence-corrected chi connectivity index (χ0v) is 20.3. The van der Waals surface area contributed by atoms with Crippen LogP contribution in [0, 0.1) is 0 Å². The fourth-order valence-corrected chi connectivity index (χ4v) is 6.74. The Balaban J connectivity index is 1.50. The van der Waals surface area contributed by atoms with Crippen molar-refractivity contribution >= 4 is 10.0 Å². The Kier molecular flexibility index (Phi) is 7.06. The van der Waals surface area contributed by atoms with Gasteiger partial charge in [0.1, 0.15) is 0 Å². The second-order valence-electron chi connectivity index (χ2n) is 9.17. The Labute approximate surface area is 202 Å². The van der Waals surface area contributed by atoms with Gasteiger partial charge in [-0.05, 0) is 54.2 Å². The van der Waals surface area contributed by atoms with Gasteiger partial charge >= 0.3 is 0 Å². The molecule has 0 saturated carbocycles. The number of fused-ring (bicyclic) bond motifs is 1. The molecule has 1 aromatic heterocycles. The van der Waals surface area contributed by atoms with Crippen molar-refractivity contribution < 1.29 is 8.42 Å². The molecule has 1 unspecified atom stereocenters. The lowest BCUT2D eigenvalue weighted by Crippen LogP contribution is -2.42. The van der Waals surface area contributed by atoms with Crippen LogP contribution in [0.3, 0.4) is 0 Å². The van der Waals surface area contributed by atoms with Crippen molar-refractivity contribution in [3.05, 3.63) is 95.3 Å². The zero-order valence-electron chi connectivity index (χ0n) is 19.4. The smallest absolute Gasteiger partial charge is 0.243 e. The van der Waals surface area contributed by atoms with Crippen molar-refractivity contribution in [3.63, 3.8) is 0 Å². The molecular formula is C27H32N4O2S. The predicted molar refractivity (Wildman–Crippen MR) is 134 cm³/mol. The summed E-state index contributed by atoms with van der Waals surface area (Å²) in [6.07, 6.45) is 4.45. The molecule has 7 heteroatoms. The largest absolute Gasteiger partial charge is 0.314 e. The maximum atomic E-state index is 14.2. The number of hydrogen-bond donors (Lipinski definition) is 1. The van der Waals surface area contributed by atoms with E-state index in [0.717, 1.165) is 74.4 Å². The Morgan fingerprint density at radius 2 is 1.76 bits per heavy atom. The summed E-state index contributed by atoms with van der Waals surface area (Å²) in [6, 6.07) is 21.1. The molecule has 178 valence electrons. The van der Waals surface area contributed by atoms with Crippen molar-refractivity contribution in [2.45, 2.75) is 43.3 Å². The number of hydrogen-bond acceptors (Lipinski definition) is 5. The molecule has 2 aliphatic rings. The van der Waals surface area contributed by atoms with Gasteiger partial charge in [0.05, 0.1) is 16.6 Å². The van der Waals surface area contributed by atoms with E-state index in [1.165, 1.54) is 0 Å². The Morgan fingerprint density at radius 1 is 0.971 bits per heavy atom. The minimum atomic E-state index is -3.74. The maximum absolute atomic E-state index is 14.2. The predicted octanol–water partition coefficient (Wildman–Crippen LogP) is 3.76. The molecule has 0 bridgehead atoms. The summed E-state index contributed by atoms with van der Waals surface area (Å²) >= 11 is 0. The SMILES string of the molecule is O=S(=O)(c1cccc(CN2CCNCC2)c1)N(Cc1ccccc1)C1CCCc2cccnc21. The van der Waals surface area contributed by atoms with E-state index >= 15 is 0 Å². The summed E-state index contributed by atoms with van der Waals surface area (Å²) in [6.45, 7) is 4.97. The monoisotopic (exact) mass is 476 g/mol. The van der Waals surface area contributed by atoms with Crippen LogP contribution in [0.1, 0.15) is 41.3 Å². The molecule has 3 aromatic rings. The summed E-state index contributed by atoms with van der Waals surface area (Å²) in [5.74, 6) is 0. The van der Waals surface area contributed by atoms with Crippen LogP contribution in [0.2, 0.25) is 0 Å². The van der Waals surface area contributed by atoms with Crippen molar-refractivity contribution in [2.24, 2.45) is 0 Å². The molecule has 1 aliphatic carbocycles.